The van der Waals surface area contributed by atoms with Gasteiger partial charge >= 0.3 is 0 Å². The van der Waals surface area contributed by atoms with Crippen molar-refractivity contribution < 1.29 is 0 Å². The highest BCUT2D eigenvalue weighted by Gasteiger charge is 1.97. The van der Waals surface area contributed by atoms with Crippen molar-refractivity contribution in [2.45, 2.75) is 10.6 Å². The summed E-state index contributed by atoms with van der Waals surface area (Å²) in [6.45, 7) is 0. The van der Waals surface area contributed by atoms with Crippen LogP contribution in [-0.2, 0) is 5.75 Å². The van der Waals surface area contributed by atoms with Crippen LogP contribution >= 0.6 is 11.8 Å². The van der Waals surface area contributed by atoms with Crippen LogP contribution in [0.3, 0.4) is 0 Å². The number of thioether (sulfide) groups is 1. The van der Waals surface area contributed by atoms with Crippen LogP contribution in [0, 0.1) is 0 Å². The third kappa shape index (κ3) is 2.92. The Labute approximate surface area is 92.0 Å². The number of nitrogens with zero attached hydrogens (tertiary/aromatic N) is 3. The summed E-state index contributed by atoms with van der Waals surface area (Å²) >= 11 is 1.66. The number of aromatic nitrogens is 3. The molecule has 0 fully saturated rings. The lowest BCUT2D eigenvalue weighted by Gasteiger charge is -2.00. The van der Waals surface area contributed by atoms with Crippen LogP contribution in [0.2, 0.25) is 0 Å². The zero-order valence-corrected chi connectivity index (χ0v) is 8.81. The first-order valence-corrected chi connectivity index (χ1v) is 5.42. The average Bonchev–Trinajstić information content (AvgIpc) is 2.30. The summed E-state index contributed by atoms with van der Waals surface area (Å²) in [6.07, 6.45) is 6.88. The van der Waals surface area contributed by atoms with Crippen LogP contribution < -0.4 is 5.73 Å². The molecule has 0 bridgehead atoms. The average molecular weight is 218 g/mol. The van der Waals surface area contributed by atoms with E-state index in [4.69, 9.17) is 5.73 Å². The van der Waals surface area contributed by atoms with Crippen LogP contribution in [0.5, 0.6) is 0 Å². The van der Waals surface area contributed by atoms with Gasteiger partial charge in [0.1, 0.15) is 5.82 Å². The summed E-state index contributed by atoms with van der Waals surface area (Å²) in [4.78, 5) is 13.3. The predicted molar refractivity (Wildman–Crippen MR) is 60.2 cm³/mol. The van der Waals surface area contributed by atoms with E-state index in [0.717, 1.165) is 16.3 Å². The molecule has 2 aromatic rings. The number of anilines is 1. The van der Waals surface area contributed by atoms with E-state index in [2.05, 4.69) is 15.0 Å². The van der Waals surface area contributed by atoms with Gasteiger partial charge in [0.15, 0.2) is 0 Å². The monoisotopic (exact) mass is 218 g/mol. The fourth-order valence-electron chi connectivity index (χ4n) is 1.04. The van der Waals surface area contributed by atoms with Crippen molar-refractivity contribution in [2.24, 2.45) is 0 Å². The number of hydrogen-bond acceptors (Lipinski definition) is 5. The number of nitrogen functional groups attached to an aromatic ring is 1. The van der Waals surface area contributed by atoms with E-state index >= 15 is 0 Å². The van der Waals surface area contributed by atoms with Crippen LogP contribution in [0.15, 0.2) is 41.8 Å². The maximum Gasteiger partial charge on any atom is 0.123 e. The predicted octanol–water partition coefficient (Wildman–Crippen LogP) is 1.75. The summed E-state index contributed by atoms with van der Waals surface area (Å²) in [5, 5.41) is 0. The van der Waals surface area contributed by atoms with E-state index in [1.54, 1.807) is 42.6 Å². The summed E-state index contributed by atoms with van der Waals surface area (Å²) in [6, 6.07) is 3.74. The molecule has 0 atom stereocenters. The molecule has 76 valence electrons. The van der Waals surface area contributed by atoms with Crippen LogP contribution in [0.25, 0.3) is 0 Å². The van der Waals surface area contributed by atoms with Crippen molar-refractivity contribution >= 4 is 17.6 Å². The van der Waals surface area contributed by atoms with Gasteiger partial charge < -0.3 is 5.73 Å². The summed E-state index contributed by atoms with van der Waals surface area (Å²) in [7, 11) is 0. The largest absolute Gasteiger partial charge is 0.384 e. The number of hydrogen-bond donors (Lipinski definition) is 1. The molecule has 15 heavy (non-hydrogen) atoms. The second-order valence-electron chi connectivity index (χ2n) is 2.90. The topological polar surface area (TPSA) is 64.7 Å². The molecule has 4 nitrogen and oxygen atoms in total. The molecule has 0 aliphatic carbocycles. The Kier molecular flexibility index (Phi) is 3.14. The van der Waals surface area contributed by atoms with E-state index in [1.165, 1.54) is 0 Å². The molecule has 0 unspecified atom stereocenters. The third-order valence-electron chi connectivity index (χ3n) is 1.76. The number of pyridine rings is 1. The van der Waals surface area contributed by atoms with Gasteiger partial charge in [0, 0.05) is 35.4 Å². The lowest BCUT2D eigenvalue weighted by atomic mass is 10.5. The van der Waals surface area contributed by atoms with Crippen LogP contribution in [-0.4, -0.2) is 15.0 Å². The van der Waals surface area contributed by atoms with Crippen LogP contribution in [0.1, 0.15) is 5.69 Å². The molecule has 2 heterocycles. The fourth-order valence-corrected chi connectivity index (χ4v) is 1.79. The molecule has 0 saturated heterocycles. The summed E-state index contributed by atoms with van der Waals surface area (Å²) < 4.78 is 0. The summed E-state index contributed by atoms with van der Waals surface area (Å²) in [5.74, 6) is 1.33. The molecule has 0 aliphatic rings. The minimum Gasteiger partial charge on any atom is -0.384 e. The van der Waals surface area contributed by atoms with Crippen molar-refractivity contribution in [1.29, 1.82) is 0 Å². The Bertz CT molecular complexity index is 415. The van der Waals surface area contributed by atoms with Gasteiger partial charge in [-0.1, -0.05) is 0 Å². The van der Waals surface area contributed by atoms with Crippen molar-refractivity contribution in [2.75, 3.05) is 5.73 Å². The standard InChI is InChI=1S/C10H10N4S/c11-10-2-1-9(6-14-10)15-7-8-5-12-3-4-13-8/h1-6H,7H2,(H2,11,14). The molecule has 0 aliphatic heterocycles. The molecule has 5 heteroatoms. The van der Waals surface area contributed by atoms with E-state index in [-0.39, 0.29) is 0 Å². The number of nitrogens with two attached hydrogens (primary N) is 1. The maximum atomic E-state index is 5.49. The minimum absolute atomic E-state index is 0.541. The Morgan fingerprint density at radius 2 is 2.07 bits per heavy atom. The van der Waals surface area contributed by atoms with Gasteiger partial charge in [0.2, 0.25) is 0 Å². The molecule has 2 rings (SSSR count). The SMILES string of the molecule is Nc1ccc(SCc2cnccn2)cn1. The first-order valence-electron chi connectivity index (χ1n) is 4.44. The van der Waals surface area contributed by atoms with Gasteiger partial charge in [-0.3, -0.25) is 9.97 Å². The Morgan fingerprint density at radius 3 is 2.73 bits per heavy atom. The molecule has 0 aromatic carbocycles. The minimum atomic E-state index is 0.541. The smallest absolute Gasteiger partial charge is 0.123 e. The van der Waals surface area contributed by atoms with Crippen molar-refractivity contribution in [3.8, 4) is 0 Å². The third-order valence-corrected chi connectivity index (χ3v) is 2.78. The molecule has 2 N–H and O–H groups in total. The van der Waals surface area contributed by atoms with E-state index < -0.39 is 0 Å². The quantitative estimate of drug-likeness (QED) is 0.795. The Hall–Kier alpha value is -1.62. The molecular formula is C10H10N4S. The van der Waals surface area contributed by atoms with Crippen molar-refractivity contribution in [1.82, 2.24) is 15.0 Å². The molecule has 0 amide bonds. The van der Waals surface area contributed by atoms with Crippen LogP contribution in [0.4, 0.5) is 5.82 Å². The fraction of sp³-hybridized carbons (Fsp3) is 0.100. The van der Waals surface area contributed by atoms with E-state index in [9.17, 15) is 0 Å². The first-order chi connectivity index (χ1) is 7.34. The van der Waals surface area contributed by atoms with Crippen molar-refractivity contribution in [3.63, 3.8) is 0 Å². The molecule has 0 radical (unpaired) electrons. The normalized spacial score (nSPS) is 10.1. The molecule has 0 saturated carbocycles. The van der Waals surface area contributed by atoms with E-state index in [0.29, 0.717) is 5.82 Å². The highest BCUT2D eigenvalue weighted by atomic mass is 32.2. The first kappa shape index (κ1) is 9.92. The van der Waals surface area contributed by atoms with Gasteiger partial charge in [0.05, 0.1) is 5.69 Å². The molecule has 2 aromatic heterocycles. The van der Waals surface area contributed by atoms with E-state index in [1.807, 2.05) is 6.07 Å². The highest BCUT2D eigenvalue weighted by molar-refractivity contribution is 7.98. The van der Waals surface area contributed by atoms with Gasteiger partial charge in [0.25, 0.3) is 0 Å². The Balaban J connectivity index is 1.96. The maximum absolute atomic E-state index is 5.49. The summed E-state index contributed by atoms with van der Waals surface area (Å²) in [5.41, 5.74) is 6.45. The number of rotatable bonds is 3. The van der Waals surface area contributed by atoms with Gasteiger partial charge in [-0.25, -0.2) is 4.98 Å². The second-order valence-corrected chi connectivity index (χ2v) is 3.95. The zero-order chi connectivity index (χ0) is 10.5. The molecule has 0 spiro atoms. The lowest BCUT2D eigenvalue weighted by Crippen LogP contribution is -1.89. The lowest BCUT2D eigenvalue weighted by molar-refractivity contribution is 1.10. The zero-order valence-electron chi connectivity index (χ0n) is 8.00. The van der Waals surface area contributed by atoms with Crippen molar-refractivity contribution in [3.05, 3.63) is 42.6 Å². The molecular weight excluding hydrogens is 208 g/mol. The second kappa shape index (κ2) is 4.75. The Morgan fingerprint density at radius 1 is 1.13 bits per heavy atom. The van der Waals surface area contributed by atoms with Gasteiger partial charge in [-0.05, 0) is 12.1 Å². The highest BCUT2D eigenvalue weighted by Crippen LogP contribution is 2.20. The van der Waals surface area contributed by atoms with Gasteiger partial charge in [-0.15, -0.1) is 11.8 Å². The van der Waals surface area contributed by atoms with Gasteiger partial charge in [-0.2, -0.15) is 0 Å².